The summed E-state index contributed by atoms with van der Waals surface area (Å²) in [5.41, 5.74) is 12.7. The summed E-state index contributed by atoms with van der Waals surface area (Å²) < 4.78 is 23.0. The normalized spacial score (nSPS) is 21.3. The number of amidine groups is 1. The Labute approximate surface area is 141 Å². The lowest BCUT2D eigenvalue weighted by Crippen LogP contribution is -2.49. The number of nitrogens with zero attached hydrogens (tertiary/aromatic N) is 1. The zero-order valence-electron chi connectivity index (χ0n) is 13.2. The summed E-state index contributed by atoms with van der Waals surface area (Å²) in [6.07, 6.45) is 4.30. The maximum atomic E-state index is 11.5. The lowest BCUT2D eigenvalue weighted by Gasteiger charge is -2.30. The first-order valence-electron chi connectivity index (χ1n) is 7.28. The molecule has 1 aliphatic heterocycles. The van der Waals surface area contributed by atoms with Gasteiger partial charge in [-0.3, -0.25) is 0 Å². The molecule has 0 bridgehead atoms. The zero-order valence-corrected chi connectivity index (χ0v) is 14.9. The predicted octanol–water partition coefficient (Wildman–Crippen LogP) is 1.19. The highest BCUT2D eigenvalue weighted by atomic mass is 32.2. The molecule has 8 heteroatoms. The third-order valence-corrected chi connectivity index (χ3v) is 5.64. The molecule has 0 spiro atoms. The molecule has 5 N–H and O–H groups in total. The van der Waals surface area contributed by atoms with Crippen LogP contribution in [0, 0.1) is 0 Å². The van der Waals surface area contributed by atoms with Crippen LogP contribution >= 0.6 is 11.8 Å². The Morgan fingerprint density at radius 2 is 1.96 bits per heavy atom. The minimum absolute atomic E-state index is 0.281. The van der Waals surface area contributed by atoms with E-state index in [0.717, 1.165) is 22.9 Å². The monoisotopic (exact) mass is 354 g/mol. The quantitative estimate of drug-likeness (QED) is 0.732. The van der Waals surface area contributed by atoms with E-state index in [1.54, 1.807) is 42.2 Å². The predicted molar refractivity (Wildman–Crippen MR) is 95.8 cm³/mol. The summed E-state index contributed by atoms with van der Waals surface area (Å²) in [4.78, 5) is 4.81. The number of rotatable bonds is 5. The number of nitrogens with two attached hydrogens (primary N) is 2. The minimum Gasteiger partial charge on any atom is -0.398 e. The molecule has 1 heterocycles. The first kappa shape index (κ1) is 17.8. The Morgan fingerprint density at radius 3 is 2.52 bits per heavy atom. The molecule has 0 fully saturated rings. The van der Waals surface area contributed by atoms with Gasteiger partial charge in [0.05, 0.1) is 10.6 Å². The third-order valence-electron chi connectivity index (χ3n) is 3.42. The van der Waals surface area contributed by atoms with Gasteiger partial charge in [0.25, 0.3) is 0 Å². The highest BCUT2D eigenvalue weighted by Crippen LogP contribution is 2.23. The second-order valence-corrected chi connectivity index (χ2v) is 8.63. The largest absolute Gasteiger partial charge is 0.398 e. The smallest absolute Gasteiger partial charge is 0.175 e. The van der Waals surface area contributed by atoms with Gasteiger partial charge < -0.3 is 16.8 Å². The molecule has 6 nitrogen and oxygen atoms in total. The van der Waals surface area contributed by atoms with Crippen LogP contribution in [0.1, 0.15) is 18.9 Å². The van der Waals surface area contributed by atoms with E-state index in [-0.39, 0.29) is 4.90 Å². The molecule has 0 saturated heterocycles. The molecule has 23 heavy (non-hydrogen) atoms. The number of aliphatic imine (C=N–C) groups is 1. The summed E-state index contributed by atoms with van der Waals surface area (Å²) in [7, 11) is -3.21. The van der Waals surface area contributed by atoms with Crippen molar-refractivity contribution in [1.29, 1.82) is 0 Å². The lowest BCUT2D eigenvalue weighted by atomic mass is 9.98. The Kier molecular flexibility index (Phi) is 5.38. The van der Waals surface area contributed by atoms with Crippen LogP contribution in [0.15, 0.2) is 46.1 Å². The van der Waals surface area contributed by atoms with E-state index in [2.05, 4.69) is 17.2 Å². The van der Waals surface area contributed by atoms with Crippen LogP contribution in [0.4, 0.5) is 0 Å². The van der Waals surface area contributed by atoms with Crippen LogP contribution in [0.5, 0.6) is 0 Å². The maximum Gasteiger partial charge on any atom is 0.175 e. The first-order chi connectivity index (χ1) is 10.7. The van der Waals surface area contributed by atoms with Gasteiger partial charge >= 0.3 is 0 Å². The molecule has 1 aliphatic rings. The van der Waals surface area contributed by atoms with E-state index >= 15 is 0 Å². The molecule has 2 rings (SSSR count). The van der Waals surface area contributed by atoms with E-state index in [9.17, 15) is 8.42 Å². The van der Waals surface area contributed by atoms with Gasteiger partial charge in [-0.15, -0.1) is 0 Å². The van der Waals surface area contributed by atoms with Gasteiger partial charge in [-0.2, -0.15) is 0 Å². The van der Waals surface area contributed by atoms with E-state index in [1.165, 1.54) is 6.26 Å². The Bertz CT molecular complexity index is 726. The van der Waals surface area contributed by atoms with Crippen molar-refractivity contribution in [3.8, 4) is 0 Å². The third kappa shape index (κ3) is 4.49. The van der Waals surface area contributed by atoms with Crippen LogP contribution in [-0.2, 0) is 16.3 Å². The highest BCUT2D eigenvalue weighted by molar-refractivity contribution is 8.13. The second-order valence-electron chi connectivity index (χ2n) is 5.53. The molecule has 0 amide bonds. The number of nitrogens with one attached hydrogen (secondary N) is 1. The summed E-state index contributed by atoms with van der Waals surface area (Å²) in [5.74, 6) is 0.943. The van der Waals surface area contributed by atoms with Crippen molar-refractivity contribution in [3.05, 3.63) is 41.7 Å². The molecule has 0 aliphatic carbocycles. The number of sulfone groups is 1. The SMILES string of the molecule is CCCSC1=NC(N)(Cc2ccc(S(C)(=O)=O)cc2)C(N)=CN1. The van der Waals surface area contributed by atoms with Crippen LogP contribution < -0.4 is 16.8 Å². The molecule has 1 atom stereocenters. The van der Waals surface area contributed by atoms with E-state index in [1.807, 2.05) is 0 Å². The van der Waals surface area contributed by atoms with E-state index in [4.69, 9.17) is 11.5 Å². The molecule has 126 valence electrons. The summed E-state index contributed by atoms with van der Waals surface area (Å²) in [6.45, 7) is 2.10. The summed E-state index contributed by atoms with van der Waals surface area (Å²) in [6, 6.07) is 6.64. The molecule has 0 aromatic heterocycles. The number of hydrogen-bond donors (Lipinski definition) is 3. The summed E-state index contributed by atoms with van der Waals surface area (Å²) in [5, 5.41) is 3.79. The minimum atomic E-state index is -3.21. The fourth-order valence-corrected chi connectivity index (χ4v) is 3.52. The average Bonchev–Trinajstić information content (AvgIpc) is 2.48. The molecular weight excluding hydrogens is 332 g/mol. The van der Waals surface area contributed by atoms with Gasteiger partial charge in [-0.05, 0) is 24.1 Å². The standard InChI is InChI=1S/C15H22N4O2S2/c1-3-8-22-14-18-10-13(16)15(17,19-14)9-11-4-6-12(7-5-11)23(2,20)21/h4-7,10H,3,8-9,16-17H2,1-2H3,(H,18,19). The van der Waals surface area contributed by atoms with Crippen LogP contribution in [0.3, 0.4) is 0 Å². The summed E-state index contributed by atoms with van der Waals surface area (Å²) >= 11 is 1.60. The van der Waals surface area contributed by atoms with Crippen molar-refractivity contribution in [3.63, 3.8) is 0 Å². The molecule has 1 unspecified atom stereocenters. The van der Waals surface area contributed by atoms with E-state index in [0.29, 0.717) is 12.1 Å². The van der Waals surface area contributed by atoms with Gasteiger partial charge in [-0.1, -0.05) is 30.8 Å². The van der Waals surface area contributed by atoms with Gasteiger partial charge in [0, 0.05) is 24.6 Å². The van der Waals surface area contributed by atoms with Gasteiger partial charge in [0.2, 0.25) is 0 Å². The van der Waals surface area contributed by atoms with Crippen molar-refractivity contribution in [2.45, 2.75) is 30.3 Å². The van der Waals surface area contributed by atoms with Crippen molar-refractivity contribution in [2.24, 2.45) is 16.5 Å². The van der Waals surface area contributed by atoms with Crippen molar-refractivity contribution in [2.75, 3.05) is 12.0 Å². The maximum absolute atomic E-state index is 11.5. The van der Waals surface area contributed by atoms with Crippen LogP contribution in [0.2, 0.25) is 0 Å². The number of thioether (sulfide) groups is 1. The first-order valence-corrected chi connectivity index (χ1v) is 10.2. The lowest BCUT2D eigenvalue weighted by molar-refractivity contribution is 0.505. The average molecular weight is 355 g/mol. The van der Waals surface area contributed by atoms with E-state index < -0.39 is 15.5 Å². The molecule has 1 aromatic rings. The van der Waals surface area contributed by atoms with Crippen molar-refractivity contribution in [1.82, 2.24) is 5.32 Å². The Morgan fingerprint density at radius 1 is 1.30 bits per heavy atom. The fourth-order valence-electron chi connectivity index (χ4n) is 2.12. The van der Waals surface area contributed by atoms with Gasteiger partial charge in [0.15, 0.2) is 20.7 Å². The van der Waals surface area contributed by atoms with Crippen LogP contribution in [0.25, 0.3) is 0 Å². The zero-order chi connectivity index (χ0) is 17.1. The molecule has 1 aromatic carbocycles. The second kappa shape index (κ2) is 6.94. The number of hydrogen-bond acceptors (Lipinski definition) is 7. The Hall–Kier alpha value is -1.51. The fraction of sp³-hybridized carbons (Fsp3) is 0.400. The molecular formula is C15H22N4O2S2. The number of benzene rings is 1. The van der Waals surface area contributed by atoms with Gasteiger partial charge in [0.1, 0.15) is 0 Å². The topological polar surface area (TPSA) is 111 Å². The molecule has 0 saturated carbocycles. The van der Waals surface area contributed by atoms with Gasteiger partial charge in [-0.25, -0.2) is 13.4 Å². The van der Waals surface area contributed by atoms with Crippen LogP contribution in [-0.4, -0.2) is 31.3 Å². The Balaban J connectivity index is 2.20. The highest BCUT2D eigenvalue weighted by Gasteiger charge is 2.31. The van der Waals surface area contributed by atoms with Crippen molar-refractivity contribution < 1.29 is 8.42 Å². The van der Waals surface area contributed by atoms with Crippen molar-refractivity contribution >= 4 is 26.8 Å². The molecule has 0 radical (unpaired) electrons.